The van der Waals surface area contributed by atoms with Crippen LogP contribution < -0.4 is 16.6 Å². The van der Waals surface area contributed by atoms with Crippen LogP contribution in [-0.4, -0.2) is 19.5 Å². The average Bonchev–Trinajstić information content (AvgIpc) is 2.31. The van der Waals surface area contributed by atoms with Crippen LogP contribution in [0.25, 0.3) is 6.08 Å². The molecule has 82 valence electrons. The molecule has 0 aliphatic rings. The fraction of sp³-hybridized carbons (Fsp3) is 0.273. The maximum atomic E-state index is 5.33. The lowest BCUT2D eigenvalue weighted by molar-refractivity contribution is 0.553. The number of nitrogens with two attached hydrogens (primary N) is 1. The van der Waals surface area contributed by atoms with E-state index < -0.39 is 0 Å². The Labute approximate surface area is 95.1 Å². The number of hydrazine groups is 1. The van der Waals surface area contributed by atoms with E-state index in [1.807, 2.05) is 19.2 Å². The molecule has 0 bridgehead atoms. The Morgan fingerprint density at radius 2 is 2.00 bits per heavy atom. The minimum absolute atomic E-state index is 0.00484. The van der Waals surface area contributed by atoms with Crippen molar-refractivity contribution in [2.45, 2.75) is 11.1 Å². The van der Waals surface area contributed by atoms with E-state index in [9.17, 15) is 0 Å². The third kappa shape index (κ3) is 4.05. The van der Waals surface area contributed by atoms with Crippen molar-refractivity contribution in [3.8, 4) is 0 Å². The van der Waals surface area contributed by atoms with Crippen LogP contribution in [0.5, 0.6) is 0 Å². The van der Waals surface area contributed by atoms with Gasteiger partial charge in [0, 0.05) is 4.90 Å². The Balaban J connectivity index is 2.63. The van der Waals surface area contributed by atoms with Crippen LogP contribution in [-0.2, 0) is 0 Å². The standard InChI is InChI=1S/C11H17N3S/c1-13-11(14-12)8-5-9-3-6-10(15-2)7-4-9/h3-8,11,13-14H,12H2,1-2H3/b8-5-. The minimum atomic E-state index is 0.00484. The Morgan fingerprint density at radius 3 is 2.47 bits per heavy atom. The largest absolute Gasteiger partial charge is 0.301 e. The van der Waals surface area contributed by atoms with E-state index in [0.717, 1.165) is 0 Å². The number of hydrogen-bond donors (Lipinski definition) is 3. The highest BCUT2D eigenvalue weighted by molar-refractivity contribution is 7.98. The monoisotopic (exact) mass is 223 g/mol. The quantitative estimate of drug-likeness (QED) is 0.306. The van der Waals surface area contributed by atoms with E-state index in [0.29, 0.717) is 0 Å². The van der Waals surface area contributed by atoms with Crippen molar-refractivity contribution in [1.29, 1.82) is 0 Å². The normalized spacial score (nSPS) is 13.3. The van der Waals surface area contributed by atoms with E-state index in [2.05, 4.69) is 41.3 Å². The van der Waals surface area contributed by atoms with Crippen LogP contribution in [0.15, 0.2) is 35.2 Å². The van der Waals surface area contributed by atoms with Crippen molar-refractivity contribution in [3.05, 3.63) is 35.9 Å². The number of nitrogens with one attached hydrogen (secondary N) is 2. The Morgan fingerprint density at radius 1 is 1.33 bits per heavy atom. The van der Waals surface area contributed by atoms with Crippen molar-refractivity contribution in [1.82, 2.24) is 10.7 Å². The molecule has 0 fully saturated rings. The molecule has 0 spiro atoms. The first-order valence-corrected chi connectivity index (χ1v) is 5.98. The number of hydrogen-bond acceptors (Lipinski definition) is 4. The lowest BCUT2D eigenvalue weighted by atomic mass is 10.2. The molecule has 0 aliphatic carbocycles. The molecule has 0 heterocycles. The van der Waals surface area contributed by atoms with Crippen LogP contribution >= 0.6 is 11.8 Å². The maximum absolute atomic E-state index is 5.33. The summed E-state index contributed by atoms with van der Waals surface area (Å²) in [6.45, 7) is 0. The molecule has 0 radical (unpaired) electrons. The lowest BCUT2D eigenvalue weighted by Gasteiger charge is -2.08. The van der Waals surface area contributed by atoms with Gasteiger partial charge in [0.1, 0.15) is 0 Å². The summed E-state index contributed by atoms with van der Waals surface area (Å²) in [6.07, 6.45) is 6.09. The van der Waals surface area contributed by atoms with Gasteiger partial charge < -0.3 is 5.32 Å². The van der Waals surface area contributed by atoms with Gasteiger partial charge in [-0.25, -0.2) is 5.43 Å². The Hall–Kier alpha value is -0.810. The second-order valence-electron chi connectivity index (χ2n) is 3.07. The highest BCUT2D eigenvalue weighted by Gasteiger charge is 1.95. The van der Waals surface area contributed by atoms with Crippen LogP contribution in [0, 0.1) is 0 Å². The highest BCUT2D eigenvalue weighted by atomic mass is 32.2. The predicted molar refractivity (Wildman–Crippen MR) is 67.4 cm³/mol. The van der Waals surface area contributed by atoms with Crippen molar-refractivity contribution in [2.24, 2.45) is 5.84 Å². The molecule has 0 saturated carbocycles. The van der Waals surface area contributed by atoms with E-state index in [-0.39, 0.29) is 6.17 Å². The Bertz CT molecular complexity index is 304. The molecule has 1 aromatic carbocycles. The summed E-state index contributed by atoms with van der Waals surface area (Å²) in [5.74, 6) is 5.33. The summed E-state index contributed by atoms with van der Waals surface area (Å²) in [5.41, 5.74) is 3.81. The summed E-state index contributed by atoms with van der Waals surface area (Å²) in [4.78, 5) is 1.27. The molecule has 1 rings (SSSR count). The minimum Gasteiger partial charge on any atom is -0.301 e. The summed E-state index contributed by atoms with van der Waals surface area (Å²) in [6, 6.07) is 8.39. The first-order chi connectivity index (χ1) is 7.30. The third-order valence-corrected chi connectivity index (χ3v) is 2.83. The fourth-order valence-corrected chi connectivity index (χ4v) is 1.57. The average molecular weight is 223 g/mol. The second kappa shape index (κ2) is 6.63. The zero-order valence-electron chi connectivity index (χ0n) is 9.03. The summed E-state index contributed by atoms with van der Waals surface area (Å²) >= 11 is 1.74. The molecular weight excluding hydrogens is 206 g/mol. The van der Waals surface area contributed by atoms with Crippen molar-refractivity contribution >= 4 is 17.8 Å². The van der Waals surface area contributed by atoms with Gasteiger partial charge >= 0.3 is 0 Å². The fourth-order valence-electron chi connectivity index (χ4n) is 1.16. The van der Waals surface area contributed by atoms with Gasteiger partial charge in [-0.1, -0.05) is 24.3 Å². The van der Waals surface area contributed by atoms with Crippen LogP contribution in [0.3, 0.4) is 0 Å². The zero-order valence-corrected chi connectivity index (χ0v) is 9.84. The molecule has 1 unspecified atom stereocenters. The third-order valence-electron chi connectivity index (χ3n) is 2.09. The van der Waals surface area contributed by atoms with Gasteiger partial charge in [-0.2, -0.15) is 0 Å². The molecule has 0 aromatic heterocycles. The Kier molecular flexibility index (Phi) is 5.42. The summed E-state index contributed by atoms with van der Waals surface area (Å²) < 4.78 is 0. The highest BCUT2D eigenvalue weighted by Crippen LogP contribution is 2.15. The first-order valence-electron chi connectivity index (χ1n) is 4.76. The molecule has 15 heavy (non-hydrogen) atoms. The number of thioether (sulfide) groups is 1. The van der Waals surface area contributed by atoms with Gasteiger partial charge in [-0.05, 0) is 31.0 Å². The van der Waals surface area contributed by atoms with Gasteiger partial charge in [0.25, 0.3) is 0 Å². The lowest BCUT2D eigenvalue weighted by Crippen LogP contribution is -2.42. The molecule has 3 nitrogen and oxygen atoms in total. The molecule has 4 N–H and O–H groups in total. The van der Waals surface area contributed by atoms with E-state index in [1.165, 1.54) is 10.5 Å². The number of rotatable bonds is 5. The number of benzene rings is 1. The van der Waals surface area contributed by atoms with Gasteiger partial charge in [-0.15, -0.1) is 11.8 Å². The van der Waals surface area contributed by atoms with E-state index in [1.54, 1.807) is 11.8 Å². The smallest absolute Gasteiger partial charge is 0.0891 e. The maximum Gasteiger partial charge on any atom is 0.0891 e. The van der Waals surface area contributed by atoms with Gasteiger partial charge in [0.05, 0.1) is 6.17 Å². The topological polar surface area (TPSA) is 50.1 Å². The molecule has 1 aromatic rings. The second-order valence-corrected chi connectivity index (χ2v) is 3.94. The molecule has 4 heteroatoms. The molecule has 0 amide bonds. The summed E-state index contributed by atoms with van der Waals surface area (Å²) in [7, 11) is 1.85. The summed E-state index contributed by atoms with van der Waals surface area (Å²) in [5, 5.41) is 3.02. The molecular formula is C11H17N3S. The van der Waals surface area contributed by atoms with E-state index in [4.69, 9.17) is 5.84 Å². The van der Waals surface area contributed by atoms with Crippen LogP contribution in [0.1, 0.15) is 5.56 Å². The predicted octanol–water partition coefficient (Wildman–Crippen LogP) is 1.43. The first kappa shape index (κ1) is 12.3. The zero-order chi connectivity index (χ0) is 11.1. The SMILES string of the molecule is CNC(/C=C\c1ccc(SC)cc1)NN. The van der Waals surface area contributed by atoms with Gasteiger partial charge in [0.15, 0.2) is 0 Å². The van der Waals surface area contributed by atoms with Crippen LogP contribution in [0.4, 0.5) is 0 Å². The molecule has 0 saturated heterocycles. The van der Waals surface area contributed by atoms with Crippen LogP contribution in [0.2, 0.25) is 0 Å². The van der Waals surface area contributed by atoms with Crippen molar-refractivity contribution < 1.29 is 0 Å². The molecule has 0 aliphatic heterocycles. The van der Waals surface area contributed by atoms with Gasteiger partial charge in [-0.3, -0.25) is 5.84 Å². The van der Waals surface area contributed by atoms with E-state index >= 15 is 0 Å². The van der Waals surface area contributed by atoms with Gasteiger partial charge in [0.2, 0.25) is 0 Å². The van der Waals surface area contributed by atoms with Crippen molar-refractivity contribution in [2.75, 3.05) is 13.3 Å². The van der Waals surface area contributed by atoms with Crippen molar-refractivity contribution in [3.63, 3.8) is 0 Å². The molecule has 1 atom stereocenters. The number of likely N-dealkylation sites (N-methyl/N-ethyl adjacent to an activating group) is 1.